The van der Waals surface area contributed by atoms with Gasteiger partial charge in [0.1, 0.15) is 5.69 Å². The van der Waals surface area contributed by atoms with E-state index in [-0.39, 0.29) is 11.4 Å². The van der Waals surface area contributed by atoms with Crippen molar-refractivity contribution in [2.24, 2.45) is 0 Å². The molecule has 0 bridgehead atoms. The molecule has 0 spiro atoms. The zero-order chi connectivity index (χ0) is 14.8. The third kappa shape index (κ3) is 2.28. The standard InChI is InChI=1S/C15H10N3O3/c19-17(15-10-16-9-8-14(15)18(20)21)13-7-3-5-11-4-1-2-6-12(11)13/h1-10H/q-1. The molecule has 0 aliphatic heterocycles. The van der Waals surface area contributed by atoms with Crippen molar-refractivity contribution in [3.05, 3.63) is 76.2 Å². The molecule has 0 saturated heterocycles. The summed E-state index contributed by atoms with van der Waals surface area (Å²) in [6.07, 6.45) is 2.49. The first kappa shape index (κ1) is 13.0. The molecular weight excluding hydrogens is 270 g/mol. The summed E-state index contributed by atoms with van der Waals surface area (Å²) >= 11 is 0. The SMILES string of the molecule is O=[N+]([O-])c1ccncc1N([O-])c1cccc2ccccc12. The minimum atomic E-state index is -0.590. The fraction of sp³-hybridized carbons (Fsp3) is 0. The number of pyridine rings is 1. The fourth-order valence-corrected chi connectivity index (χ4v) is 2.20. The van der Waals surface area contributed by atoms with Crippen molar-refractivity contribution in [2.75, 3.05) is 5.06 Å². The van der Waals surface area contributed by atoms with Crippen LogP contribution in [0.25, 0.3) is 10.8 Å². The van der Waals surface area contributed by atoms with Gasteiger partial charge < -0.3 is 10.3 Å². The van der Waals surface area contributed by atoms with Crippen molar-refractivity contribution >= 4 is 27.8 Å². The molecule has 0 N–H and O–H groups in total. The van der Waals surface area contributed by atoms with Crippen LogP contribution in [-0.4, -0.2) is 9.91 Å². The largest absolute Gasteiger partial charge is 0.754 e. The number of fused-ring (bicyclic) bond motifs is 1. The number of nitro groups is 1. The van der Waals surface area contributed by atoms with Gasteiger partial charge in [-0.3, -0.25) is 15.1 Å². The van der Waals surface area contributed by atoms with Crippen LogP contribution in [-0.2, 0) is 0 Å². The van der Waals surface area contributed by atoms with Gasteiger partial charge in [0.2, 0.25) is 0 Å². The average Bonchev–Trinajstić information content (AvgIpc) is 2.53. The highest BCUT2D eigenvalue weighted by Crippen LogP contribution is 2.35. The minimum absolute atomic E-state index is 0.0844. The maximum Gasteiger partial charge on any atom is 0.295 e. The number of aromatic nitrogens is 1. The highest BCUT2D eigenvalue weighted by atomic mass is 16.6. The van der Waals surface area contributed by atoms with Gasteiger partial charge in [0.15, 0.2) is 0 Å². The lowest BCUT2D eigenvalue weighted by Gasteiger charge is -2.30. The number of hydrogen-bond donors (Lipinski definition) is 0. The molecule has 1 aromatic heterocycles. The maximum atomic E-state index is 12.6. The Morgan fingerprint density at radius 3 is 2.57 bits per heavy atom. The molecule has 0 aliphatic carbocycles. The molecule has 21 heavy (non-hydrogen) atoms. The molecule has 0 unspecified atom stereocenters. The molecule has 6 heteroatoms. The zero-order valence-electron chi connectivity index (χ0n) is 10.8. The Hall–Kier alpha value is -2.99. The van der Waals surface area contributed by atoms with Gasteiger partial charge in [-0.1, -0.05) is 36.4 Å². The molecular formula is C15H10N3O3-. The van der Waals surface area contributed by atoms with E-state index < -0.39 is 4.92 Å². The van der Waals surface area contributed by atoms with E-state index in [1.165, 1.54) is 18.5 Å². The second kappa shape index (κ2) is 5.18. The highest BCUT2D eigenvalue weighted by molar-refractivity contribution is 5.96. The van der Waals surface area contributed by atoms with Gasteiger partial charge in [0.25, 0.3) is 5.69 Å². The summed E-state index contributed by atoms with van der Waals surface area (Å²) in [5.41, 5.74) is -0.00372. The lowest BCUT2D eigenvalue weighted by atomic mass is 10.1. The first-order valence-electron chi connectivity index (χ1n) is 6.22. The van der Waals surface area contributed by atoms with Gasteiger partial charge in [-0.15, -0.1) is 0 Å². The lowest BCUT2D eigenvalue weighted by molar-refractivity contribution is -0.384. The van der Waals surface area contributed by atoms with Crippen LogP contribution in [0.3, 0.4) is 0 Å². The molecule has 2 aromatic carbocycles. The van der Waals surface area contributed by atoms with Gasteiger partial charge in [0.05, 0.1) is 11.1 Å². The van der Waals surface area contributed by atoms with E-state index in [1.807, 2.05) is 24.3 Å². The van der Waals surface area contributed by atoms with Crippen LogP contribution in [0.5, 0.6) is 0 Å². The van der Waals surface area contributed by atoms with Crippen LogP contribution in [0.2, 0.25) is 0 Å². The summed E-state index contributed by atoms with van der Waals surface area (Å²) in [7, 11) is 0. The smallest absolute Gasteiger partial charge is 0.295 e. The van der Waals surface area contributed by atoms with Crippen LogP contribution in [0.15, 0.2) is 60.9 Å². The Labute approximate surface area is 120 Å². The van der Waals surface area contributed by atoms with Crippen molar-refractivity contribution in [1.29, 1.82) is 0 Å². The Balaban J connectivity index is 2.18. The Kier molecular flexibility index (Phi) is 3.21. The van der Waals surface area contributed by atoms with Gasteiger partial charge in [-0.2, -0.15) is 0 Å². The highest BCUT2D eigenvalue weighted by Gasteiger charge is 2.16. The van der Waals surface area contributed by atoms with Crippen LogP contribution >= 0.6 is 0 Å². The summed E-state index contributed by atoms with van der Waals surface area (Å²) in [5, 5.41) is 25.8. The monoisotopic (exact) mass is 280 g/mol. The summed E-state index contributed by atoms with van der Waals surface area (Å²) in [5.74, 6) is 0. The molecule has 0 aliphatic rings. The van der Waals surface area contributed by atoms with E-state index in [2.05, 4.69) is 4.98 Å². The molecule has 104 valence electrons. The van der Waals surface area contributed by atoms with Gasteiger partial charge in [0, 0.05) is 23.3 Å². The lowest BCUT2D eigenvalue weighted by Crippen LogP contribution is -2.10. The Bertz CT molecular complexity index is 815. The fourth-order valence-electron chi connectivity index (χ4n) is 2.20. The van der Waals surface area contributed by atoms with Gasteiger partial charge >= 0.3 is 0 Å². The second-order valence-corrected chi connectivity index (χ2v) is 4.41. The van der Waals surface area contributed by atoms with Crippen LogP contribution in [0, 0.1) is 15.3 Å². The molecule has 3 aromatic rings. The van der Waals surface area contributed by atoms with E-state index in [9.17, 15) is 15.3 Å². The number of benzene rings is 2. The first-order valence-corrected chi connectivity index (χ1v) is 6.22. The second-order valence-electron chi connectivity index (χ2n) is 4.41. The van der Waals surface area contributed by atoms with Crippen LogP contribution < -0.4 is 5.06 Å². The Morgan fingerprint density at radius 2 is 1.76 bits per heavy atom. The number of rotatable bonds is 3. The third-order valence-corrected chi connectivity index (χ3v) is 3.18. The van der Waals surface area contributed by atoms with E-state index in [0.29, 0.717) is 10.8 Å². The zero-order valence-corrected chi connectivity index (χ0v) is 10.8. The van der Waals surface area contributed by atoms with E-state index in [1.54, 1.807) is 18.2 Å². The topological polar surface area (TPSA) is 82.3 Å². The predicted octanol–water partition coefficient (Wildman–Crippen LogP) is 3.78. The van der Waals surface area contributed by atoms with Crippen molar-refractivity contribution in [1.82, 2.24) is 4.98 Å². The summed E-state index contributed by atoms with van der Waals surface area (Å²) in [4.78, 5) is 14.3. The summed E-state index contributed by atoms with van der Waals surface area (Å²) in [6, 6.07) is 13.8. The van der Waals surface area contributed by atoms with Crippen molar-refractivity contribution in [3.8, 4) is 0 Å². The number of nitrogens with zero attached hydrogens (tertiary/aromatic N) is 3. The molecule has 6 nitrogen and oxygen atoms in total. The van der Waals surface area contributed by atoms with Gasteiger partial charge in [-0.05, 0) is 11.5 Å². The maximum absolute atomic E-state index is 12.6. The van der Waals surface area contributed by atoms with E-state index >= 15 is 0 Å². The molecule has 0 saturated carbocycles. The molecule has 1 heterocycles. The van der Waals surface area contributed by atoms with E-state index in [0.717, 1.165) is 10.8 Å². The average molecular weight is 280 g/mol. The number of hydrogen-bond acceptors (Lipinski definition) is 5. The molecule has 3 rings (SSSR count). The molecule has 0 radical (unpaired) electrons. The molecule has 0 atom stereocenters. The summed E-state index contributed by atoms with van der Waals surface area (Å²) < 4.78 is 0. The van der Waals surface area contributed by atoms with E-state index in [4.69, 9.17) is 0 Å². The molecule has 0 amide bonds. The van der Waals surface area contributed by atoms with Crippen LogP contribution in [0.4, 0.5) is 17.1 Å². The molecule has 0 fully saturated rings. The number of anilines is 2. The first-order chi connectivity index (χ1) is 10.2. The normalized spacial score (nSPS) is 10.5. The van der Waals surface area contributed by atoms with Crippen molar-refractivity contribution < 1.29 is 4.92 Å². The third-order valence-electron chi connectivity index (χ3n) is 3.18. The van der Waals surface area contributed by atoms with Crippen LogP contribution in [0.1, 0.15) is 0 Å². The quantitative estimate of drug-likeness (QED) is 0.538. The Morgan fingerprint density at radius 1 is 1.00 bits per heavy atom. The minimum Gasteiger partial charge on any atom is -0.754 e. The van der Waals surface area contributed by atoms with Crippen molar-refractivity contribution in [3.63, 3.8) is 0 Å². The predicted molar refractivity (Wildman–Crippen MR) is 80.3 cm³/mol. The van der Waals surface area contributed by atoms with Crippen molar-refractivity contribution in [2.45, 2.75) is 0 Å². The summed E-state index contributed by atoms with van der Waals surface area (Å²) in [6.45, 7) is 0. The van der Waals surface area contributed by atoms with Gasteiger partial charge in [-0.25, -0.2) is 0 Å².